The molecule has 0 unspecified atom stereocenters. The van der Waals surface area contributed by atoms with Gasteiger partial charge in [-0.05, 0) is 92.0 Å². The largest absolute Gasteiger partial charge is 0.309 e. The van der Waals surface area contributed by atoms with E-state index in [1.807, 2.05) is 0 Å². The number of rotatable bonds is 5. The molecule has 0 aliphatic carbocycles. The maximum atomic E-state index is 5.11. The van der Waals surface area contributed by atoms with E-state index in [2.05, 4.69) is 199 Å². The summed E-state index contributed by atoms with van der Waals surface area (Å²) in [7, 11) is 0. The van der Waals surface area contributed by atoms with Gasteiger partial charge in [0.1, 0.15) is 0 Å². The van der Waals surface area contributed by atoms with Crippen LogP contribution in [0.1, 0.15) is 0 Å². The van der Waals surface area contributed by atoms with Gasteiger partial charge in [0.25, 0.3) is 0 Å². The second kappa shape index (κ2) is 12.6. The summed E-state index contributed by atoms with van der Waals surface area (Å²) < 4.78 is 2.38. The van der Waals surface area contributed by atoms with Gasteiger partial charge in [-0.3, -0.25) is 0 Å². The Morgan fingerprint density at radius 1 is 0.273 bits per heavy atom. The lowest BCUT2D eigenvalue weighted by Gasteiger charge is -2.12. The topological polar surface area (TPSA) is 43.6 Å². The molecule has 4 heteroatoms. The lowest BCUT2D eigenvalue weighted by atomic mass is 10.0. The van der Waals surface area contributed by atoms with Gasteiger partial charge in [0.2, 0.25) is 0 Å². The smallest absolute Gasteiger partial charge is 0.164 e. The molecule has 0 radical (unpaired) electrons. The highest BCUT2D eigenvalue weighted by Gasteiger charge is 2.16. The zero-order valence-corrected chi connectivity index (χ0v) is 29.8. The minimum atomic E-state index is 0.636. The van der Waals surface area contributed by atoms with Gasteiger partial charge in [0.05, 0.1) is 11.0 Å². The van der Waals surface area contributed by atoms with Gasteiger partial charge in [0, 0.05) is 33.2 Å². The Labute approximate surface area is 317 Å². The van der Waals surface area contributed by atoms with Gasteiger partial charge in [-0.15, -0.1) is 0 Å². The summed E-state index contributed by atoms with van der Waals surface area (Å²) in [5.41, 5.74) is 8.58. The van der Waals surface area contributed by atoms with Crippen LogP contribution in [0.25, 0.3) is 105 Å². The molecule has 0 atom stereocenters. The minimum absolute atomic E-state index is 0.636. The van der Waals surface area contributed by atoms with Gasteiger partial charge < -0.3 is 4.57 Å². The normalized spacial score (nSPS) is 11.6. The average molecular weight is 701 g/mol. The summed E-state index contributed by atoms with van der Waals surface area (Å²) in [5.74, 6) is 1.93. The van der Waals surface area contributed by atoms with E-state index >= 15 is 0 Å². The molecule has 0 aliphatic heterocycles. The van der Waals surface area contributed by atoms with Gasteiger partial charge in [-0.2, -0.15) is 0 Å². The highest BCUT2D eigenvalue weighted by atomic mass is 15.0. The first kappa shape index (κ1) is 31.1. The van der Waals surface area contributed by atoms with Gasteiger partial charge >= 0.3 is 0 Å². The monoisotopic (exact) mass is 700 g/mol. The first-order valence-corrected chi connectivity index (χ1v) is 18.6. The summed E-state index contributed by atoms with van der Waals surface area (Å²) >= 11 is 0. The third kappa shape index (κ3) is 5.43. The minimum Gasteiger partial charge on any atom is -0.309 e. The van der Waals surface area contributed by atoms with Crippen molar-refractivity contribution in [1.29, 1.82) is 0 Å². The van der Waals surface area contributed by atoms with Crippen LogP contribution in [0.15, 0.2) is 194 Å². The zero-order valence-electron chi connectivity index (χ0n) is 29.8. The van der Waals surface area contributed by atoms with E-state index in [1.165, 1.54) is 43.4 Å². The summed E-state index contributed by atoms with van der Waals surface area (Å²) in [6.45, 7) is 0. The first-order valence-electron chi connectivity index (χ1n) is 18.6. The Morgan fingerprint density at radius 3 is 1.36 bits per heavy atom. The van der Waals surface area contributed by atoms with Gasteiger partial charge in [-0.1, -0.05) is 146 Å². The number of fused-ring (bicyclic) bond motifs is 6. The average Bonchev–Trinajstić information content (AvgIpc) is 3.58. The number of nitrogens with zero attached hydrogens (tertiary/aromatic N) is 4. The van der Waals surface area contributed by atoms with Crippen molar-refractivity contribution >= 4 is 54.1 Å². The summed E-state index contributed by atoms with van der Waals surface area (Å²) in [5, 5.41) is 9.65. The van der Waals surface area contributed by atoms with E-state index in [-0.39, 0.29) is 0 Å². The lowest BCUT2D eigenvalue weighted by molar-refractivity contribution is 1.08. The summed E-state index contributed by atoms with van der Waals surface area (Å²) in [6.07, 6.45) is 0. The van der Waals surface area contributed by atoms with Crippen LogP contribution in [-0.2, 0) is 0 Å². The maximum Gasteiger partial charge on any atom is 0.164 e. The predicted octanol–water partition coefficient (Wildman–Crippen LogP) is 13.1. The molecule has 0 saturated heterocycles. The predicted molar refractivity (Wildman–Crippen MR) is 228 cm³/mol. The highest BCUT2D eigenvalue weighted by molar-refractivity contribution is 6.13. The Bertz CT molecular complexity index is 3170. The second-order valence-electron chi connectivity index (χ2n) is 14.1. The Kier molecular flexibility index (Phi) is 7.14. The molecule has 256 valence electrons. The molecular formula is C51H32N4. The quantitative estimate of drug-likeness (QED) is 0.179. The van der Waals surface area contributed by atoms with Crippen molar-refractivity contribution in [2.24, 2.45) is 0 Å². The molecule has 9 aromatic carbocycles. The van der Waals surface area contributed by atoms with Crippen LogP contribution < -0.4 is 0 Å². The van der Waals surface area contributed by atoms with Crippen LogP contribution in [0.2, 0.25) is 0 Å². The second-order valence-corrected chi connectivity index (χ2v) is 14.1. The van der Waals surface area contributed by atoms with Crippen molar-refractivity contribution in [3.63, 3.8) is 0 Å². The molecule has 2 aromatic heterocycles. The van der Waals surface area contributed by atoms with Crippen molar-refractivity contribution in [1.82, 2.24) is 19.5 Å². The maximum absolute atomic E-state index is 5.11. The Balaban J connectivity index is 1.01. The Morgan fingerprint density at radius 2 is 0.745 bits per heavy atom. The number of aromatic nitrogens is 4. The highest BCUT2D eigenvalue weighted by Crippen LogP contribution is 2.36. The molecule has 0 fully saturated rings. The van der Waals surface area contributed by atoms with Crippen molar-refractivity contribution in [2.45, 2.75) is 0 Å². The number of hydrogen-bond donors (Lipinski definition) is 0. The van der Waals surface area contributed by atoms with Crippen LogP contribution in [0.5, 0.6) is 0 Å². The van der Waals surface area contributed by atoms with Crippen LogP contribution in [-0.4, -0.2) is 19.5 Å². The van der Waals surface area contributed by atoms with Crippen LogP contribution in [0.3, 0.4) is 0 Å². The lowest BCUT2D eigenvalue weighted by Crippen LogP contribution is -2.00. The standard InChI is InChI=1S/C51H32N4/c1-3-12-36-29-42(22-20-33(36)10-1)50-52-49(53-51(54-50)43-23-21-34-11-2-4-13-37(34)30-43)41-17-9-16-38(28-41)35-24-26-44(27-25-35)55-47-19-8-7-18-45(47)46-31-39-14-5-6-15-40(39)32-48(46)55/h1-32H. The fraction of sp³-hybridized carbons (Fsp3) is 0. The molecular weight excluding hydrogens is 669 g/mol. The molecule has 0 N–H and O–H groups in total. The molecule has 4 nitrogen and oxygen atoms in total. The van der Waals surface area contributed by atoms with E-state index in [0.29, 0.717) is 17.5 Å². The molecule has 55 heavy (non-hydrogen) atoms. The zero-order chi connectivity index (χ0) is 36.3. The van der Waals surface area contributed by atoms with Crippen LogP contribution >= 0.6 is 0 Å². The van der Waals surface area contributed by atoms with Crippen LogP contribution in [0, 0.1) is 0 Å². The van der Waals surface area contributed by atoms with Crippen LogP contribution in [0.4, 0.5) is 0 Å². The third-order valence-electron chi connectivity index (χ3n) is 10.8. The molecule has 0 amide bonds. The molecule has 0 saturated carbocycles. The van der Waals surface area contributed by atoms with E-state index in [1.54, 1.807) is 0 Å². The van der Waals surface area contributed by atoms with E-state index in [9.17, 15) is 0 Å². The van der Waals surface area contributed by atoms with Gasteiger partial charge in [0.15, 0.2) is 17.5 Å². The first-order chi connectivity index (χ1) is 27.2. The molecule has 0 bridgehead atoms. The SMILES string of the molecule is c1cc(-c2ccc(-n3c4ccccc4c4cc5ccccc5cc43)cc2)cc(-c2nc(-c3ccc4ccccc4c3)nc(-c3ccc4ccccc4c3)n2)c1. The Hall–Kier alpha value is -7.43. The molecule has 11 rings (SSSR count). The van der Waals surface area contributed by atoms with E-state index in [0.717, 1.165) is 44.3 Å². The fourth-order valence-corrected chi connectivity index (χ4v) is 7.99. The van der Waals surface area contributed by atoms with E-state index < -0.39 is 0 Å². The molecule has 2 heterocycles. The van der Waals surface area contributed by atoms with Crippen molar-refractivity contribution < 1.29 is 0 Å². The molecule has 0 aliphatic rings. The van der Waals surface area contributed by atoms with Gasteiger partial charge in [-0.25, -0.2) is 15.0 Å². The van der Waals surface area contributed by atoms with E-state index in [4.69, 9.17) is 15.0 Å². The van der Waals surface area contributed by atoms with Crippen molar-refractivity contribution in [3.8, 4) is 51.0 Å². The number of para-hydroxylation sites is 1. The van der Waals surface area contributed by atoms with Crippen molar-refractivity contribution in [3.05, 3.63) is 194 Å². The number of hydrogen-bond acceptors (Lipinski definition) is 3. The fourth-order valence-electron chi connectivity index (χ4n) is 7.99. The number of benzene rings is 9. The molecule has 11 aromatic rings. The molecule has 0 spiro atoms. The van der Waals surface area contributed by atoms with Crippen molar-refractivity contribution in [2.75, 3.05) is 0 Å². The summed E-state index contributed by atoms with van der Waals surface area (Å²) in [6, 6.07) is 68.9. The third-order valence-corrected chi connectivity index (χ3v) is 10.8. The summed E-state index contributed by atoms with van der Waals surface area (Å²) in [4.78, 5) is 15.3.